The van der Waals surface area contributed by atoms with Crippen molar-refractivity contribution < 1.29 is 0 Å². The Bertz CT molecular complexity index is 175. The van der Waals surface area contributed by atoms with Crippen LogP contribution in [-0.4, -0.2) is 37.6 Å². The summed E-state index contributed by atoms with van der Waals surface area (Å²) in [5.74, 6) is 0.894. The van der Waals surface area contributed by atoms with Gasteiger partial charge in [-0.3, -0.25) is 0 Å². The Morgan fingerprint density at radius 1 is 1.27 bits per heavy atom. The van der Waals surface area contributed by atoms with Crippen LogP contribution in [0.2, 0.25) is 0 Å². The van der Waals surface area contributed by atoms with Crippen molar-refractivity contribution in [2.75, 3.05) is 26.7 Å². The number of piperidine rings is 1. The fourth-order valence-corrected chi connectivity index (χ4v) is 1.92. The first-order valence-electron chi connectivity index (χ1n) is 6.31. The zero-order chi connectivity index (χ0) is 11.5. The maximum absolute atomic E-state index is 3.69. The molecule has 1 fully saturated rings. The number of nitrogens with zero attached hydrogens (tertiary/aromatic N) is 1. The van der Waals surface area contributed by atoms with Gasteiger partial charge in [0.2, 0.25) is 0 Å². The van der Waals surface area contributed by atoms with E-state index in [4.69, 9.17) is 0 Å². The van der Waals surface area contributed by atoms with Gasteiger partial charge >= 0.3 is 0 Å². The summed E-state index contributed by atoms with van der Waals surface area (Å²) >= 11 is 0. The van der Waals surface area contributed by atoms with E-state index >= 15 is 0 Å². The quantitative estimate of drug-likeness (QED) is 0.772. The number of rotatable bonds is 3. The number of hydrogen-bond donors (Lipinski definition) is 1. The molecule has 0 aromatic rings. The summed E-state index contributed by atoms with van der Waals surface area (Å²) in [7, 11) is 2.22. The Hall–Kier alpha value is -0.0800. The Kier molecular flexibility index (Phi) is 4.60. The van der Waals surface area contributed by atoms with Gasteiger partial charge in [0.15, 0.2) is 0 Å². The average Bonchev–Trinajstić information content (AvgIpc) is 2.15. The Morgan fingerprint density at radius 3 is 2.27 bits per heavy atom. The Morgan fingerprint density at radius 2 is 1.80 bits per heavy atom. The van der Waals surface area contributed by atoms with Gasteiger partial charge in [-0.15, -0.1) is 0 Å². The van der Waals surface area contributed by atoms with Crippen LogP contribution in [0.1, 0.15) is 40.5 Å². The van der Waals surface area contributed by atoms with E-state index in [-0.39, 0.29) is 0 Å². The Labute approximate surface area is 95.4 Å². The van der Waals surface area contributed by atoms with Gasteiger partial charge < -0.3 is 10.2 Å². The summed E-state index contributed by atoms with van der Waals surface area (Å²) in [5, 5.41) is 3.69. The monoisotopic (exact) mass is 212 g/mol. The minimum Gasteiger partial charge on any atom is -0.313 e. The molecule has 0 radical (unpaired) electrons. The molecule has 1 rings (SSSR count). The lowest BCUT2D eigenvalue weighted by Gasteiger charge is -2.33. The highest BCUT2D eigenvalue weighted by atomic mass is 15.1. The maximum Gasteiger partial charge on any atom is 0.00873 e. The van der Waals surface area contributed by atoms with Crippen LogP contribution in [0, 0.1) is 11.3 Å². The van der Waals surface area contributed by atoms with Gasteiger partial charge in [0, 0.05) is 6.04 Å². The van der Waals surface area contributed by atoms with E-state index in [2.05, 4.69) is 45.0 Å². The number of likely N-dealkylation sites (tertiary alicyclic amines) is 1. The van der Waals surface area contributed by atoms with E-state index in [1.807, 2.05) is 0 Å². The molecule has 1 aliphatic heterocycles. The molecule has 0 aromatic heterocycles. The van der Waals surface area contributed by atoms with Crippen molar-refractivity contribution in [3.63, 3.8) is 0 Å². The first-order valence-corrected chi connectivity index (χ1v) is 6.31. The van der Waals surface area contributed by atoms with E-state index in [1.165, 1.54) is 32.5 Å². The molecule has 1 atom stereocenters. The van der Waals surface area contributed by atoms with E-state index in [0.717, 1.165) is 5.92 Å². The average molecular weight is 212 g/mol. The van der Waals surface area contributed by atoms with Crippen LogP contribution in [0.4, 0.5) is 0 Å². The summed E-state index contributed by atoms with van der Waals surface area (Å²) in [5.41, 5.74) is 0.380. The summed E-state index contributed by atoms with van der Waals surface area (Å²) in [6.07, 6.45) is 2.72. The molecule has 2 heteroatoms. The smallest absolute Gasteiger partial charge is 0.00873 e. The summed E-state index contributed by atoms with van der Waals surface area (Å²) in [4.78, 5) is 2.43. The maximum atomic E-state index is 3.69. The first kappa shape index (κ1) is 13.0. The van der Waals surface area contributed by atoms with Gasteiger partial charge in [0.1, 0.15) is 0 Å². The molecule has 0 aromatic carbocycles. The van der Waals surface area contributed by atoms with Gasteiger partial charge in [-0.05, 0) is 57.8 Å². The summed E-state index contributed by atoms with van der Waals surface area (Å²) in [6.45, 7) is 13.0. The van der Waals surface area contributed by atoms with Crippen LogP contribution in [-0.2, 0) is 0 Å². The molecule has 0 aliphatic carbocycles. The van der Waals surface area contributed by atoms with Gasteiger partial charge in [-0.25, -0.2) is 0 Å². The largest absolute Gasteiger partial charge is 0.313 e. The van der Waals surface area contributed by atoms with Gasteiger partial charge in [0.05, 0.1) is 0 Å². The van der Waals surface area contributed by atoms with Crippen molar-refractivity contribution in [3.05, 3.63) is 0 Å². The van der Waals surface area contributed by atoms with Crippen LogP contribution in [0.5, 0.6) is 0 Å². The summed E-state index contributed by atoms with van der Waals surface area (Å²) in [6, 6.07) is 0.608. The third kappa shape index (κ3) is 4.52. The fourth-order valence-electron chi connectivity index (χ4n) is 1.92. The normalized spacial score (nSPS) is 23.0. The molecule has 0 amide bonds. The lowest BCUT2D eigenvalue weighted by atomic mass is 9.87. The second-order valence-corrected chi connectivity index (χ2v) is 6.24. The van der Waals surface area contributed by atoms with Crippen molar-refractivity contribution in [1.29, 1.82) is 0 Å². The predicted molar refractivity (Wildman–Crippen MR) is 67.1 cm³/mol. The van der Waals surface area contributed by atoms with Crippen LogP contribution in [0.3, 0.4) is 0 Å². The van der Waals surface area contributed by atoms with Crippen LogP contribution >= 0.6 is 0 Å². The molecule has 0 spiro atoms. The number of nitrogens with one attached hydrogen (secondary N) is 1. The standard InChI is InChI=1S/C13H28N2/c1-11(13(2,3)4)14-10-12-6-8-15(5)9-7-12/h11-12,14H,6-10H2,1-5H3. The highest BCUT2D eigenvalue weighted by Crippen LogP contribution is 2.20. The minimum atomic E-state index is 0.380. The van der Waals surface area contributed by atoms with Gasteiger partial charge in [0.25, 0.3) is 0 Å². The van der Waals surface area contributed by atoms with Gasteiger partial charge in [-0.2, -0.15) is 0 Å². The van der Waals surface area contributed by atoms with E-state index < -0.39 is 0 Å². The van der Waals surface area contributed by atoms with Crippen molar-refractivity contribution in [2.45, 2.75) is 46.6 Å². The third-order valence-corrected chi connectivity index (χ3v) is 3.85. The van der Waals surface area contributed by atoms with Gasteiger partial charge in [-0.1, -0.05) is 20.8 Å². The summed E-state index contributed by atoms with van der Waals surface area (Å²) < 4.78 is 0. The predicted octanol–water partition coefficient (Wildman–Crippen LogP) is 2.35. The molecule has 1 N–H and O–H groups in total. The van der Waals surface area contributed by atoms with Crippen LogP contribution in [0.15, 0.2) is 0 Å². The third-order valence-electron chi connectivity index (χ3n) is 3.85. The van der Waals surface area contributed by atoms with Crippen molar-refractivity contribution in [3.8, 4) is 0 Å². The highest BCUT2D eigenvalue weighted by molar-refractivity contribution is 4.79. The molecular formula is C13H28N2. The number of hydrogen-bond acceptors (Lipinski definition) is 2. The minimum absolute atomic E-state index is 0.380. The molecule has 2 nitrogen and oxygen atoms in total. The van der Waals surface area contributed by atoms with Crippen LogP contribution < -0.4 is 5.32 Å². The fraction of sp³-hybridized carbons (Fsp3) is 1.00. The highest BCUT2D eigenvalue weighted by Gasteiger charge is 2.22. The molecule has 1 heterocycles. The van der Waals surface area contributed by atoms with Crippen molar-refractivity contribution >= 4 is 0 Å². The first-order chi connectivity index (χ1) is 6.89. The molecular weight excluding hydrogens is 184 g/mol. The van der Waals surface area contributed by atoms with E-state index in [1.54, 1.807) is 0 Å². The zero-order valence-corrected chi connectivity index (χ0v) is 11.1. The van der Waals surface area contributed by atoms with Crippen molar-refractivity contribution in [2.24, 2.45) is 11.3 Å². The second kappa shape index (κ2) is 5.31. The molecule has 90 valence electrons. The van der Waals surface area contributed by atoms with E-state index in [0.29, 0.717) is 11.5 Å². The molecule has 15 heavy (non-hydrogen) atoms. The van der Waals surface area contributed by atoms with Crippen molar-refractivity contribution in [1.82, 2.24) is 10.2 Å². The molecule has 1 saturated heterocycles. The Balaban J connectivity index is 2.20. The topological polar surface area (TPSA) is 15.3 Å². The SMILES string of the molecule is CC(NCC1CCN(C)CC1)C(C)(C)C. The molecule has 1 aliphatic rings. The lowest BCUT2D eigenvalue weighted by Crippen LogP contribution is -2.42. The molecule has 0 saturated carbocycles. The van der Waals surface area contributed by atoms with Crippen LogP contribution in [0.25, 0.3) is 0 Å². The second-order valence-electron chi connectivity index (χ2n) is 6.24. The molecule has 1 unspecified atom stereocenters. The van der Waals surface area contributed by atoms with E-state index in [9.17, 15) is 0 Å². The zero-order valence-electron chi connectivity index (χ0n) is 11.1. The molecule has 0 bridgehead atoms. The lowest BCUT2D eigenvalue weighted by molar-refractivity contribution is 0.199.